The molecule has 2 aliphatic rings. The molecule has 0 aromatic carbocycles. The van der Waals surface area contributed by atoms with Crippen LogP contribution in [-0.4, -0.2) is 32.6 Å². The molecule has 5 rings (SSSR count). The number of thioether (sulfide) groups is 1. The number of hydrogen-bond acceptors (Lipinski definition) is 12. The van der Waals surface area contributed by atoms with Gasteiger partial charge in [-0.3, -0.25) is 14.5 Å². The quantitative estimate of drug-likeness (QED) is 0.415. The molecule has 0 spiro atoms. The second-order valence-electron chi connectivity index (χ2n) is 9.45. The number of hydrogen-bond donors (Lipinski definition) is 2. The lowest BCUT2D eigenvalue weighted by molar-refractivity contribution is -0.118. The summed E-state index contributed by atoms with van der Waals surface area (Å²) in [6, 6.07) is 5.81. The molecule has 0 bridgehead atoms. The number of furan rings is 1. The number of carbonyl (C=O) groups is 2. The van der Waals surface area contributed by atoms with Gasteiger partial charge in [-0.1, -0.05) is 36.9 Å². The second-order valence-corrected chi connectivity index (χ2v) is 12.5. The van der Waals surface area contributed by atoms with Crippen molar-refractivity contribution in [3.8, 4) is 6.07 Å². The van der Waals surface area contributed by atoms with Gasteiger partial charge in [0.15, 0.2) is 15.3 Å². The van der Waals surface area contributed by atoms with E-state index >= 15 is 0 Å². The fourth-order valence-corrected chi connectivity index (χ4v) is 6.77. The molecule has 3 N–H and O–H groups in total. The van der Waals surface area contributed by atoms with Crippen LogP contribution < -0.4 is 16.0 Å². The van der Waals surface area contributed by atoms with Crippen molar-refractivity contribution < 1.29 is 14.0 Å². The van der Waals surface area contributed by atoms with E-state index in [9.17, 15) is 14.9 Å². The largest absolute Gasteiger partial charge is 0.465 e. The number of nitrogens with two attached hydrogens (primary N) is 1. The van der Waals surface area contributed by atoms with Gasteiger partial charge in [-0.25, -0.2) is 4.98 Å². The Bertz CT molecular complexity index is 1480. The summed E-state index contributed by atoms with van der Waals surface area (Å²) in [7, 11) is 0. The summed E-state index contributed by atoms with van der Waals surface area (Å²) >= 11 is 3.82. The molecular weight excluding hydrogens is 531 g/mol. The van der Waals surface area contributed by atoms with Crippen LogP contribution in [0.4, 0.5) is 10.3 Å². The van der Waals surface area contributed by atoms with Crippen molar-refractivity contribution in [2.24, 2.45) is 11.1 Å². The molecule has 13 heteroatoms. The van der Waals surface area contributed by atoms with Crippen LogP contribution >= 0.6 is 34.4 Å². The van der Waals surface area contributed by atoms with Crippen molar-refractivity contribution in [2.75, 3.05) is 16.0 Å². The number of carbonyl (C=O) groups excluding carboxylic acids is 2. The molecule has 0 fully saturated rings. The summed E-state index contributed by atoms with van der Waals surface area (Å²) in [4.78, 5) is 31.5. The maximum atomic E-state index is 13.5. The smallest absolute Gasteiger partial charge is 0.236 e. The third-order valence-electron chi connectivity index (χ3n) is 6.02. The molecule has 1 atom stereocenters. The number of aryl methyl sites for hydroxylation is 1. The molecule has 4 heterocycles. The number of nitriles is 1. The first-order valence-electron chi connectivity index (χ1n) is 11.3. The van der Waals surface area contributed by atoms with Crippen molar-refractivity contribution in [3.63, 3.8) is 0 Å². The van der Waals surface area contributed by atoms with E-state index in [2.05, 4.69) is 26.6 Å². The highest BCUT2D eigenvalue weighted by atomic mass is 32.2. The zero-order chi connectivity index (χ0) is 26.3. The van der Waals surface area contributed by atoms with Crippen molar-refractivity contribution in [1.82, 2.24) is 15.2 Å². The Morgan fingerprint density at radius 3 is 2.86 bits per heavy atom. The molecule has 37 heavy (non-hydrogen) atoms. The Kier molecular flexibility index (Phi) is 6.65. The summed E-state index contributed by atoms with van der Waals surface area (Å²) in [5, 5.41) is 24.1. The third-order valence-corrected chi connectivity index (χ3v) is 8.75. The van der Waals surface area contributed by atoms with Crippen molar-refractivity contribution in [1.29, 1.82) is 5.26 Å². The van der Waals surface area contributed by atoms with E-state index in [0.717, 1.165) is 0 Å². The van der Waals surface area contributed by atoms with Crippen molar-refractivity contribution in [3.05, 3.63) is 57.9 Å². The van der Waals surface area contributed by atoms with Gasteiger partial charge in [-0.15, -0.1) is 21.5 Å². The Labute approximate surface area is 225 Å². The van der Waals surface area contributed by atoms with E-state index in [1.54, 1.807) is 22.5 Å². The Morgan fingerprint density at radius 1 is 1.38 bits per heavy atom. The van der Waals surface area contributed by atoms with Gasteiger partial charge in [-0.05, 0) is 30.9 Å². The van der Waals surface area contributed by atoms with Crippen molar-refractivity contribution in [2.45, 2.75) is 43.9 Å². The standard InChI is InChI=1S/C24H23N7O3S3/c1-12-4-5-16(34-12)18-13(10-25)20(26)31(14-8-24(2,3)9-15(32)19(14)18)22-29-30-23(37-22)36-11-17(33)28-21-27-6-7-35-21/h4-7,18H,8-9,11,26H2,1-3H3,(H,27,28,33). The van der Waals surface area contributed by atoms with Gasteiger partial charge >= 0.3 is 0 Å². The molecule has 3 aromatic heterocycles. The Morgan fingerprint density at radius 2 is 2.19 bits per heavy atom. The molecule has 1 aliphatic carbocycles. The number of nitrogens with zero attached hydrogens (tertiary/aromatic N) is 5. The number of nitrogens with one attached hydrogen (secondary N) is 1. The summed E-state index contributed by atoms with van der Waals surface area (Å²) in [6.45, 7) is 5.87. The topological polar surface area (TPSA) is 151 Å². The maximum absolute atomic E-state index is 13.5. The van der Waals surface area contributed by atoms with Crippen LogP contribution in [0.2, 0.25) is 0 Å². The summed E-state index contributed by atoms with van der Waals surface area (Å²) in [6.07, 6.45) is 2.52. The number of thiazole rings is 1. The number of anilines is 2. The van der Waals surface area contributed by atoms with Crippen LogP contribution in [0, 0.1) is 23.7 Å². The molecule has 1 aliphatic heterocycles. The average Bonchev–Trinajstić information content (AvgIpc) is 3.59. The van der Waals surface area contributed by atoms with Crippen LogP contribution in [0.5, 0.6) is 0 Å². The lowest BCUT2D eigenvalue weighted by atomic mass is 9.69. The highest BCUT2D eigenvalue weighted by Crippen LogP contribution is 2.50. The predicted octanol–water partition coefficient (Wildman–Crippen LogP) is 4.57. The number of aromatic nitrogens is 3. The lowest BCUT2D eigenvalue weighted by Gasteiger charge is -2.42. The highest BCUT2D eigenvalue weighted by molar-refractivity contribution is 8.01. The summed E-state index contributed by atoms with van der Waals surface area (Å²) in [5.74, 6) is 0.587. The molecule has 3 aromatic rings. The lowest BCUT2D eigenvalue weighted by Crippen LogP contribution is -2.42. The monoisotopic (exact) mass is 553 g/mol. The van der Waals surface area contributed by atoms with E-state index in [0.29, 0.717) is 50.2 Å². The van der Waals surface area contributed by atoms with E-state index in [1.807, 2.05) is 26.8 Å². The number of amides is 1. The molecule has 0 saturated carbocycles. The molecule has 190 valence electrons. The number of allylic oxidation sites excluding steroid dienone is 3. The van der Waals surface area contributed by atoms with E-state index in [1.165, 1.54) is 34.4 Å². The van der Waals surface area contributed by atoms with Crippen molar-refractivity contribution >= 4 is 56.4 Å². The first kappa shape index (κ1) is 25.2. The second kappa shape index (κ2) is 9.77. The predicted molar refractivity (Wildman–Crippen MR) is 142 cm³/mol. The van der Waals surface area contributed by atoms with Crippen LogP contribution in [0.25, 0.3) is 0 Å². The first-order valence-corrected chi connectivity index (χ1v) is 14.0. The van der Waals surface area contributed by atoms with Gasteiger partial charge in [0.2, 0.25) is 11.0 Å². The minimum atomic E-state index is -0.676. The van der Waals surface area contributed by atoms with Gasteiger partial charge in [-0.2, -0.15) is 5.26 Å². The highest BCUT2D eigenvalue weighted by Gasteiger charge is 2.46. The summed E-state index contributed by atoms with van der Waals surface area (Å²) in [5.41, 5.74) is 7.74. The van der Waals surface area contributed by atoms with Crippen LogP contribution in [0.1, 0.15) is 44.1 Å². The SMILES string of the molecule is Cc1ccc(C2C(C#N)=C(N)N(c3nnc(SCC(=O)Nc4nccs4)s3)C3=C2C(=O)CC(C)(C)C3)o1. The van der Waals surface area contributed by atoms with Gasteiger partial charge < -0.3 is 15.5 Å². The molecule has 0 saturated heterocycles. The van der Waals surface area contributed by atoms with E-state index in [4.69, 9.17) is 10.2 Å². The van der Waals surface area contributed by atoms with Crippen LogP contribution in [-0.2, 0) is 9.59 Å². The molecule has 1 amide bonds. The van der Waals surface area contributed by atoms with Gasteiger partial charge in [0.05, 0.1) is 23.3 Å². The van der Waals surface area contributed by atoms with Gasteiger partial charge in [0.25, 0.3) is 0 Å². The third kappa shape index (κ3) is 4.92. The number of rotatable bonds is 6. The normalized spacial score (nSPS) is 19.1. The Hall–Kier alpha value is -3.47. The minimum absolute atomic E-state index is 0.0477. The Balaban J connectivity index is 1.49. The zero-order valence-corrected chi connectivity index (χ0v) is 22.7. The molecule has 10 nitrogen and oxygen atoms in total. The fourth-order valence-electron chi connectivity index (χ4n) is 4.54. The molecule has 0 radical (unpaired) electrons. The van der Waals surface area contributed by atoms with E-state index in [-0.39, 0.29) is 34.3 Å². The maximum Gasteiger partial charge on any atom is 0.236 e. The van der Waals surface area contributed by atoms with Crippen LogP contribution in [0.15, 0.2) is 55.1 Å². The number of Topliss-reactive ketones (excluding diaryl/α,β-unsaturated/α-hetero) is 1. The fraction of sp³-hybridized carbons (Fsp3) is 0.333. The van der Waals surface area contributed by atoms with Gasteiger partial charge in [0.1, 0.15) is 17.3 Å². The number of ketones is 1. The minimum Gasteiger partial charge on any atom is -0.465 e. The molecule has 1 unspecified atom stereocenters. The van der Waals surface area contributed by atoms with Crippen LogP contribution in [0.3, 0.4) is 0 Å². The first-order chi connectivity index (χ1) is 17.7. The van der Waals surface area contributed by atoms with Gasteiger partial charge in [0, 0.05) is 29.3 Å². The summed E-state index contributed by atoms with van der Waals surface area (Å²) < 4.78 is 6.43. The molecular formula is C24H23N7O3S3. The average molecular weight is 554 g/mol. The zero-order valence-electron chi connectivity index (χ0n) is 20.3. The van der Waals surface area contributed by atoms with E-state index < -0.39 is 5.92 Å².